The molecule has 1 unspecified atom stereocenters. The molecule has 2 rings (SSSR count). The van der Waals surface area contributed by atoms with Crippen molar-refractivity contribution >= 4 is 15.9 Å². The van der Waals surface area contributed by atoms with E-state index in [9.17, 15) is 8.42 Å². The minimum Gasteiger partial charge on any atom is -0.385 e. The minimum absolute atomic E-state index is 0.106. The van der Waals surface area contributed by atoms with Crippen LogP contribution in [0.1, 0.15) is 12.8 Å². The van der Waals surface area contributed by atoms with Crippen molar-refractivity contribution in [1.82, 2.24) is 4.31 Å². The maximum atomic E-state index is 11.9. The SMILES string of the molecule is N=C(N)C1CN(S(=O)(=O)C2CC2)CCO1. The minimum atomic E-state index is -3.15. The number of nitrogens with two attached hydrogens (primary N) is 1. The number of amidine groups is 1. The first kappa shape index (κ1) is 10.8. The van der Waals surface area contributed by atoms with Crippen LogP contribution in [0.2, 0.25) is 0 Å². The van der Waals surface area contributed by atoms with Gasteiger partial charge in [0.05, 0.1) is 11.9 Å². The van der Waals surface area contributed by atoms with E-state index < -0.39 is 16.1 Å². The number of morpholine rings is 1. The molecule has 7 heteroatoms. The molecular formula is C8H15N3O3S. The Morgan fingerprint density at radius 2 is 2.13 bits per heavy atom. The average molecular weight is 233 g/mol. The third-order valence-corrected chi connectivity index (χ3v) is 5.05. The highest BCUT2D eigenvalue weighted by atomic mass is 32.2. The monoisotopic (exact) mass is 233 g/mol. The van der Waals surface area contributed by atoms with Crippen molar-refractivity contribution in [2.75, 3.05) is 19.7 Å². The number of hydrogen-bond donors (Lipinski definition) is 2. The second-order valence-electron chi connectivity index (χ2n) is 3.92. The Bertz CT molecular complexity index is 363. The number of nitrogens with one attached hydrogen (secondary N) is 1. The summed E-state index contributed by atoms with van der Waals surface area (Å²) in [6.45, 7) is 0.882. The molecule has 0 aromatic rings. The van der Waals surface area contributed by atoms with Gasteiger partial charge >= 0.3 is 0 Å². The van der Waals surface area contributed by atoms with Crippen molar-refractivity contribution in [3.8, 4) is 0 Å². The molecule has 0 aromatic heterocycles. The van der Waals surface area contributed by atoms with E-state index in [1.165, 1.54) is 4.31 Å². The molecule has 1 heterocycles. The molecule has 0 radical (unpaired) electrons. The molecule has 1 saturated carbocycles. The summed E-state index contributed by atoms with van der Waals surface area (Å²) in [7, 11) is -3.15. The molecule has 0 aromatic carbocycles. The van der Waals surface area contributed by atoms with Gasteiger partial charge in [-0.1, -0.05) is 0 Å². The topological polar surface area (TPSA) is 96.5 Å². The molecular weight excluding hydrogens is 218 g/mol. The van der Waals surface area contributed by atoms with Gasteiger partial charge < -0.3 is 10.5 Å². The zero-order chi connectivity index (χ0) is 11.1. The lowest BCUT2D eigenvalue weighted by Crippen LogP contribution is -2.50. The second kappa shape index (κ2) is 3.73. The molecule has 1 saturated heterocycles. The third kappa shape index (κ3) is 2.14. The van der Waals surface area contributed by atoms with E-state index in [0.717, 1.165) is 12.8 Å². The van der Waals surface area contributed by atoms with Crippen LogP contribution in [0.3, 0.4) is 0 Å². The zero-order valence-electron chi connectivity index (χ0n) is 8.35. The number of nitrogens with zero attached hydrogens (tertiary/aromatic N) is 1. The van der Waals surface area contributed by atoms with Crippen LogP contribution >= 0.6 is 0 Å². The maximum Gasteiger partial charge on any atom is 0.217 e. The van der Waals surface area contributed by atoms with Crippen LogP contribution < -0.4 is 5.73 Å². The van der Waals surface area contributed by atoms with E-state index in [0.29, 0.717) is 13.2 Å². The lowest BCUT2D eigenvalue weighted by molar-refractivity contribution is 0.0368. The molecule has 86 valence electrons. The summed E-state index contributed by atoms with van der Waals surface area (Å²) in [6.07, 6.45) is 0.932. The Morgan fingerprint density at radius 1 is 1.47 bits per heavy atom. The van der Waals surface area contributed by atoms with Crippen LogP contribution in [0, 0.1) is 5.41 Å². The van der Waals surface area contributed by atoms with Crippen LogP contribution in [0.5, 0.6) is 0 Å². The van der Waals surface area contributed by atoms with Crippen LogP contribution in [-0.4, -0.2) is 49.6 Å². The summed E-state index contributed by atoms with van der Waals surface area (Å²) in [4.78, 5) is 0. The first-order valence-corrected chi connectivity index (χ1v) is 6.46. The third-order valence-electron chi connectivity index (χ3n) is 2.68. The summed E-state index contributed by atoms with van der Waals surface area (Å²) in [5.41, 5.74) is 5.30. The standard InChI is InChI=1S/C8H15N3O3S/c9-8(10)7-5-11(3-4-14-7)15(12,13)6-1-2-6/h6-7H,1-5H2,(H3,9,10). The van der Waals surface area contributed by atoms with Gasteiger partial charge in [0.2, 0.25) is 10.0 Å². The fourth-order valence-electron chi connectivity index (χ4n) is 1.62. The number of sulfonamides is 1. The van der Waals surface area contributed by atoms with Gasteiger partial charge in [0, 0.05) is 13.1 Å². The van der Waals surface area contributed by atoms with Gasteiger partial charge in [-0.15, -0.1) is 0 Å². The molecule has 2 fully saturated rings. The van der Waals surface area contributed by atoms with Crippen LogP contribution in [0.15, 0.2) is 0 Å². The summed E-state index contributed by atoms with van der Waals surface area (Å²) in [5, 5.41) is 7.03. The van der Waals surface area contributed by atoms with Gasteiger partial charge in [-0.2, -0.15) is 4.31 Å². The Balaban J connectivity index is 2.07. The molecule has 1 aliphatic heterocycles. The molecule has 0 bridgehead atoms. The second-order valence-corrected chi connectivity index (χ2v) is 6.13. The Morgan fingerprint density at radius 3 is 2.67 bits per heavy atom. The first-order valence-electron chi connectivity index (χ1n) is 4.96. The fraction of sp³-hybridized carbons (Fsp3) is 0.875. The van der Waals surface area contributed by atoms with Gasteiger partial charge in [0.1, 0.15) is 11.9 Å². The van der Waals surface area contributed by atoms with E-state index in [4.69, 9.17) is 15.9 Å². The fourth-order valence-corrected chi connectivity index (χ4v) is 3.45. The van der Waals surface area contributed by atoms with E-state index in [1.54, 1.807) is 0 Å². The Hall–Kier alpha value is -0.660. The molecule has 1 aliphatic carbocycles. The van der Waals surface area contributed by atoms with Crippen molar-refractivity contribution in [2.24, 2.45) is 5.73 Å². The molecule has 1 atom stereocenters. The van der Waals surface area contributed by atoms with Gasteiger partial charge in [0.15, 0.2) is 0 Å². The quantitative estimate of drug-likeness (QED) is 0.488. The summed E-state index contributed by atoms with van der Waals surface area (Å²) >= 11 is 0. The molecule has 3 N–H and O–H groups in total. The summed E-state index contributed by atoms with van der Waals surface area (Å²) in [6, 6.07) is 0. The summed E-state index contributed by atoms with van der Waals surface area (Å²) in [5.74, 6) is -0.106. The first-order chi connectivity index (χ1) is 7.01. The molecule has 15 heavy (non-hydrogen) atoms. The van der Waals surface area contributed by atoms with E-state index in [1.807, 2.05) is 0 Å². The van der Waals surface area contributed by atoms with Crippen molar-refractivity contribution in [1.29, 1.82) is 5.41 Å². The van der Waals surface area contributed by atoms with Crippen molar-refractivity contribution in [3.05, 3.63) is 0 Å². The number of hydrogen-bond acceptors (Lipinski definition) is 4. The van der Waals surface area contributed by atoms with E-state index in [2.05, 4.69) is 0 Å². The highest BCUT2D eigenvalue weighted by Gasteiger charge is 2.42. The van der Waals surface area contributed by atoms with Crippen molar-refractivity contribution in [2.45, 2.75) is 24.2 Å². The normalized spacial score (nSPS) is 28.9. The largest absolute Gasteiger partial charge is 0.385 e. The van der Waals surface area contributed by atoms with Crippen LogP contribution in [0.25, 0.3) is 0 Å². The summed E-state index contributed by atoms with van der Waals surface area (Å²) < 4.78 is 30.4. The molecule has 2 aliphatic rings. The van der Waals surface area contributed by atoms with Gasteiger partial charge in [-0.3, -0.25) is 5.41 Å². The van der Waals surface area contributed by atoms with E-state index in [-0.39, 0.29) is 17.6 Å². The number of rotatable bonds is 3. The van der Waals surface area contributed by atoms with Gasteiger partial charge in [-0.05, 0) is 12.8 Å². The average Bonchev–Trinajstić information content (AvgIpc) is 3.01. The predicted octanol–water partition coefficient (Wildman–Crippen LogP) is -0.885. The van der Waals surface area contributed by atoms with Gasteiger partial charge in [0.25, 0.3) is 0 Å². The zero-order valence-corrected chi connectivity index (χ0v) is 9.16. The van der Waals surface area contributed by atoms with Crippen molar-refractivity contribution in [3.63, 3.8) is 0 Å². The molecule has 6 nitrogen and oxygen atoms in total. The number of ether oxygens (including phenoxy) is 1. The molecule has 0 amide bonds. The molecule has 0 spiro atoms. The highest BCUT2D eigenvalue weighted by Crippen LogP contribution is 2.31. The van der Waals surface area contributed by atoms with Crippen LogP contribution in [0.4, 0.5) is 0 Å². The predicted molar refractivity (Wildman–Crippen MR) is 55.2 cm³/mol. The lowest BCUT2D eigenvalue weighted by atomic mass is 10.3. The van der Waals surface area contributed by atoms with Gasteiger partial charge in [-0.25, -0.2) is 8.42 Å². The lowest BCUT2D eigenvalue weighted by Gasteiger charge is -2.31. The van der Waals surface area contributed by atoms with Crippen molar-refractivity contribution < 1.29 is 13.2 Å². The highest BCUT2D eigenvalue weighted by molar-refractivity contribution is 7.90. The van der Waals surface area contributed by atoms with E-state index >= 15 is 0 Å². The Kier molecular flexibility index (Phi) is 2.70. The van der Waals surface area contributed by atoms with Crippen LogP contribution in [-0.2, 0) is 14.8 Å². The maximum absolute atomic E-state index is 11.9. The Labute approximate surface area is 88.9 Å². The smallest absolute Gasteiger partial charge is 0.217 e.